The Morgan fingerprint density at radius 2 is 2.06 bits per heavy atom. The highest BCUT2D eigenvalue weighted by atomic mass is 32.2. The van der Waals surface area contributed by atoms with E-state index in [1.807, 2.05) is 39.0 Å². The highest BCUT2D eigenvalue weighted by Crippen LogP contribution is 2.32. The molecule has 1 heterocycles. The predicted octanol–water partition coefficient (Wildman–Crippen LogP) is 3.63. The lowest BCUT2D eigenvalue weighted by molar-refractivity contribution is 0.0586. The molecule has 1 aromatic carbocycles. The van der Waals surface area contributed by atoms with Crippen LogP contribution in [0.1, 0.15) is 26.3 Å². The zero-order valence-corrected chi connectivity index (χ0v) is 11.2. The molecule has 0 bridgehead atoms. The van der Waals surface area contributed by atoms with Gasteiger partial charge in [0, 0.05) is 5.75 Å². The van der Waals surface area contributed by atoms with Gasteiger partial charge in [-0.15, -0.1) is 11.8 Å². The molecule has 1 aromatic rings. The summed E-state index contributed by atoms with van der Waals surface area (Å²) >= 11 is 1.73. The molecule has 0 atom stereocenters. The first kappa shape index (κ1) is 12.3. The molecule has 1 aliphatic heterocycles. The Hall–Kier alpha value is -1.16. The Morgan fingerprint density at radius 1 is 1.35 bits per heavy atom. The van der Waals surface area contributed by atoms with Crippen molar-refractivity contribution in [2.45, 2.75) is 32.1 Å². The van der Waals surface area contributed by atoms with Crippen molar-refractivity contribution < 1.29 is 9.53 Å². The van der Waals surface area contributed by atoms with Crippen molar-refractivity contribution in [3.63, 3.8) is 0 Å². The van der Waals surface area contributed by atoms with Crippen molar-refractivity contribution >= 4 is 23.5 Å². The third-order valence-electron chi connectivity index (χ3n) is 2.37. The van der Waals surface area contributed by atoms with Crippen molar-refractivity contribution in [1.29, 1.82) is 0 Å². The minimum absolute atomic E-state index is 0.267. The van der Waals surface area contributed by atoms with Crippen LogP contribution in [-0.4, -0.2) is 17.6 Å². The fraction of sp³-hybridized carbons (Fsp3) is 0.462. The average Bonchev–Trinajstić information content (AvgIpc) is 2.26. The summed E-state index contributed by atoms with van der Waals surface area (Å²) in [6.45, 7) is 5.65. The maximum Gasteiger partial charge on any atom is 0.415 e. The van der Waals surface area contributed by atoms with Gasteiger partial charge in [0.15, 0.2) is 0 Å². The highest BCUT2D eigenvalue weighted by Gasteiger charge is 2.27. The molecule has 1 aliphatic rings. The minimum Gasteiger partial charge on any atom is -0.443 e. The van der Waals surface area contributed by atoms with Crippen LogP contribution in [0.5, 0.6) is 0 Å². The van der Waals surface area contributed by atoms with Crippen molar-refractivity contribution in [3.05, 3.63) is 29.8 Å². The van der Waals surface area contributed by atoms with Crippen LogP contribution in [0.15, 0.2) is 24.3 Å². The number of ether oxygens (including phenoxy) is 1. The molecule has 1 amide bonds. The minimum atomic E-state index is -0.450. The Bertz CT molecular complexity index is 426. The number of carbonyl (C=O) groups is 1. The number of anilines is 1. The van der Waals surface area contributed by atoms with Crippen molar-refractivity contribution in [3.8, 4) is 0 Å². The quantitative estimate of drug-likeness (QED) is 0.705. The smallest absolute Gasteiger partial charge is 0.415 e. The summed E-state index contributed by atoms with van der Waals surface area (Å²) < 4.78 is 5.41. The lowest BCUT2D eigenvalue weighted by Gasteiger charge is -2.31. The predicted molar refractivity (Wildman–Crippen MR) is 71.3 cm³/mol. The third-order valence-corrected chi connectivity index (χ3v) is 3.33. The number of thioether (sulfide) groups is 1. The van der Waals surface area contributed by atoms with E-state index in [1.165, 1.54) is 5.56 Å². The monoisotopic (exact) mass is 251 g/mol. The summed E-state index contributed by atoms with van der Waals surface area (Å²) in [6.07, 6.45) is -0.267. The first-order valence-electron chi connectivity index (χ1n) is 5.63. The number of carbonyl (C=O) groups excluding carboxylic acids is 1. The van der Waals surface area contributed by atoms with Crippen LogP contribution < -0.4 is 4.90 Å². The topological polar surface area (TPSA) is 29.5 Å². The molecular weight excluding hydrogens is 234 g/mol. The van der Waals surface area contributed by atoms with Crippen LogP contribution in [-0.2, 0) is 10.5 Å². The van der Waals surface area contributed by atoms with E-state index in [0.29, 0.717) is 5.88 Å². The van der Waals surface area contributed by atoms with Gasteiger partial charge in [-0.25, -0.2) is 4.79 Å². The van der Waals surface area contributed by atoms with Gasteiger partial charge in [0.2, 0.25) is 0 Å². The van der Waals surface area contributed by atoms with Gasteiger partial charge >= 0.3 is 6.09 Å². The normalized spacial score (nSPS) is 15.4. The summed E-state index contributed by atoms with van der Waals surface area (Å²) in [5, 5.41) is 0. The molecule has 0 saturated heterocycles. The Morgan fingerprint density at radius 3 is 2.76 bits per heavy atom. The van der Waals surface area contributed by atoms with Crippen molar-refractivity contribution in [2.24, 2.45) is 0 Å². The highest BCUT2D eigenvalue weighted by molar-refractivity contribution is 7.98. The van der Waals surface area contributed by atoms with Crippen molar-refractivity contribution in [2.75, 3.05) is 10.8 Å². The fourth-order valence-corrected chi connectivity index (χ4v) is 2.66. The van der Waals surface area contributed by atoms with E-state index >= 15 is 0 Å². The van der Waals surface area contributed by atoms with Gasteiger partial charge in [0.25, 0.3) is 0 Å². The molecule has 0 unspecified atom stereocenters. The summed E-state index contributed by atoms with van der Waals surface area (Å²) in [5.74, 6) is 1.61. The lowest BCUT2D eigenvalue weighted by Crippen LogP contribution is -2.38. The van der Waals surface area contributed by atoms with Gasteiger partial charge in [-0.3, -0.25) is 4.90 Å². The van der Waals surface area contributed by atoms with Crippen molar-refractivity contribution in [1.82, 2.24) is 0 Å². The van der Waals surface area contributed by atoms with Gasteiger partial charge in [0.05, 0.1) is 11.6 Å². The van der Waals surface area contributed by atoms with Gasteiger partial charge in [-0.05, 0) is 32.4 Å². The number of fused-ring (bicyclic) bond motifs is 1. The maximum atomic E-state index is 12.1. The van der Waals surface area contributed by atoms with Crippen LogP contribution in [0.4, 0.5) is 10.5 Å². The molecule has 92 valence electrons. The Balaban J connectivity index is 2.21. The average molecular weight is 251 g/mol. The number of hydrogen-bond donors (Lipinski definition) is 0. The zero-order chi connectivity index (χ0) is 12.5. The van der Waals surface area contributed by atoms with Gasteiger partial charge in [-0.2, -0.15) is 0 Å². The molecule has 3 nitrogen and oxygen atoms in total. The van der Waals surface area contributed by atoms with E-state index in [4.69, 9.17) is 4.74 Å². The molecular formula is C13H17NO2S. The second-order valence-electron chi connectivity index (χ2n) is 5.01. The maximum absolute atomic E-state index is 12.1. The van der Waals surface area contributed by atoms with Crippen LogP contribution in [0.25, 0.3) is 0 Å². The molecule has 17 heavy (non-hydrogen) atoms. The first-order valence-corrected chi connectivity index (χ1v) is 6.79. The molecule has 0 N–H and O–H groups in total. The number of rotatable bonds is 0. The van der Waals surface area contributed by atoms with E-state index in [2.05, 4.69) is 6.07 Å². The van der Waals surface area contributed by atoms with Gasteiger partial charge in [0.1, 0.15) is 5.60 Å². The summed E-state index contributed by atoms with van der Waals surface area (Å²) in [5.41, 5.74) is 1.71. The number of amides is 1. The summed E-state index contributed by atoms with van der Waals surface area (Å²) in [4.78, 5) is 13.8. The Kier molecular flexibility index (Phi) is 3.33. The summed E-state index contributed by atoms with van der Waals surface area (Å²) in [6, 6.07) is 7.97. The SMILES string of the molecule is CC(C)(C)OC(=O)N1CSCc2ccccc21. The molecule has 0 fully saturated rings. The van der Waals surface area contributed by atoms with E-state index in [-0.39, 0.29) is 6.09 Å². The fourth-order valence-electron chi connectivity index (χ4n) is 1.68. The molecule has 4 heteroatoms. The Labute approximate surface area is 106 Å². The van der Waals surface area contributed by atoms with Crippen LogP contribution in [0.2, 0.25) is 0 Å². The largest absolute Gasteiger partial charge is 0.443 e. The number of para-hydroxylation sites is 1. The van der Waals surface area contributed by atoms with Crippen LogP contribution in [0, 0.1) is 0 Å². The molecule has 2 rings (SSSR count). The molecule has 0 radical (unpaired) electrons. The number of benzene rings is 1. The molecule has 0 aromatic heterocycles. The van der Waals surface area contributed by atoms with Gasteiger partial charge < -0.3 is 4.74 Å². The molecule has 0 saturated carbocycles. The summed E-state index contributed by atoms with van der Waals surface area (Å²) in [7, 11) is 0. The van der Waals surface area contributed by atoms with Gasteiger partial charge in [-0.1, -0.05) is 18.2 Å². The lowest BCUT2D eigenvalue weighted by atomic mass is 10.2. The second-order valence-corrected chi connectivity index (χ2v) is 5.97. The molecule has 0 spiro atoms. The van der Waals surface area contributed by atoms with E-state index in [0.717, 1.165) is 11.4 Å². The third kappa shape index (κ3) is 2.94. The van der Waals surface area contributed by atoms with E-state index in [9.17, 15) is 4.79 Å². The molecule has 0 aliphatic carbocycles. The van der Waals surface area contributed by atoms with E-state index < -0.39 is 5.60 Å². The standard InChI is InChI=1S/C13H17NO2S/c1-13(2,3)16-12(15)14-9-17-8-10-6-4-5-7-11(10)14/h4-7H,8-9H2,1-3H3. The zero-order valence-electron chi connectivity index (χ0n) is 10.4. The second kappa shape index (κ2) is 4.61. The number of nitrogens with zero attached hydrogens (tertiary/aromatic N) is 1. The van der Waals surface area contributed by atoms with E-state index in [1.54, 1.807) is 16.7 Å². The number of hydrogen-bond acceptors (Lipinski definition) is 3. The first-order chi connectivity index (χ1) is 7.97. The van der Waals surface area contributed by atoms with Crippen LogP contribution >= 0.6 is 11.8 Å². The van der Waals surface area contributed by atoms with Crippen LogP contribution in [0.3, 0.4) is 0 Å².